The van der Waals surface area contributed by atoms with Crippen molar-refractivity contribution >= 4 is 35.2 Å². The van der Waals surface area contributed by atoms with E-state index in [0.717, 1.165) is 17.5 Å². The van der Waals surface area contributed by atoms with E-state index >= 15 is 0 Å². The minimum Gasteiger partial charge on any atom is -0.492 e. The van der Waals surface area contributed by atoms with Gasteiger partial charge in [0.15, 0.2) is 5.82 Å². The largest absolute Gasteiger partial charge is 0.492 e. The third-order valence-electron chi connectivity index (χ3n) is 9.21. The molecule has 0 unspecified atom stereocenters. The van der Waals surface area contributed by atoms with Gasteiger partial charge >= 0.3 is 0 Å². The number of carbonyl (C=O) groups is 5. The van der Waals surface area contributed by atoms with Gasteiger partial charge in [-0.25, -0.2) is 9.67 Å². The fourth-order valence-corrected chi connectivity index (χ4v) is 6.33. The third-order valence-corrected chi connectivity index (χ3v) is 9.21. The van der Waals surface area contributed by atoms with Crippen molar-refractivity contribution in [2.24, 2.45) is 5.92 Å². The quantitative estimate of drug-likeness (QED) is 0.243. The summed E-state index contributed by atoms with van der Waals surface area (Å²) in [4.78, 5) is 73.0. The van der Waals surface area contributed by atoms with Gasteiger partial charge in [-0.2, -0.15) is 5.10 Å². The molecule has 5 amide bonds. The van der Waals surface area contributed by atoms with Gasteiger partial charge in [0.25, 0.3) is 5.91 Å². The number of carbonyl (C=O) groups excluding carboxylic acids is 5. The van der Waals surface area contributed by atoms with Crippen LogP contribution in [-0.2, 0) is 32.1 Å². The smallest absolute Gasteiger partial charge is 0.251 e. The first-order valence-electron chi connectivity index (χ1n) is 17.9. The summed E-state index contributed by atoms with van der Waals surface area (Å²) in [5, 5.41) is 16.1. The predicted octanol–water partition coefficient (Wildman–Crippen LogP) is 2.94. The van der Waals surface area contributed by atoms with E-state index in [1.165, 1.54) is 4.68 Å². The van der Waals surface area contributed by atoms with Crippen LogP contribution in [-0.4, -0.2) is 76.1 Å². The number of nitrogens with one attached hydrogen (secondary N) is 4. The number of hydrogen-bond acceptors (Lipinski definition) is 8. The van der Waals surface area contributed by atoms with Crippen molar-refractivity contribution < 1.29 is 28.7 Å². The summed E-state index contributed by atoms with van der Waals surface area (Å²) in [6, 6.07) is 20.4. The van der Waals surface area contributed by atoms with Gasteiger partial charge in [-0.1, -0.05) is 56.3 Å². The number of nitrogens with zero attached hydrogens (tertiary/aromatic N) is 4. The minimum absolute atomic E-state index is 0.0438. The molecule has 53 heavy (non-hydrogen) atoms. The van der Waals surface area contributed by atoms with Gasteiger partial charge in [0, 0.05) is 36.2 Å². The van der Waals surface area contributed by atoms with Crippen LogP contribution in [0, 0.1) is 5.92 Å². The Bertz CT molecular complexity index is 1940. The number of aromatic nitrogens is 3. The molecule has 1 aromatic heterocycles. The second-order valence-electron chi connectivity index (χ2n) is 13.5. The summed E-state index contributed by atoms with van der Waals surface area (Å²) in [6.07, 6.45) is 1.41. The molecule has 2 bridgehead atoms. The molecule has 0 radical (unpaired) electrons. The van der Waals surface area contributed by atoms with E-state index < -0.39 is 35.8 Å². The molecule has 1 saturated heterocycles. The highest BCUT2D eigenvalue weighted by atomic mass is 16.5. The van der Waals surface area contributed by atoms with E-state index in [0.29, 0.717) is 41.6 Å². The number of hydrogen-bond donors (Lipinski definition) is 4. The molecule has 4 aromatic rings. The molecule has 1 fully saturated rings. The van der Waals surface area contributed by atoms with Gasteiger partial charge in [0.05, 0.1) is 12.6 Å². The molecule has 3 atom stereocenters. The Morgan fingerprint density at radius 3 is 2.34 bits per heavy atom. The number of ether oxygens (including phenoxy) is 1. The van der Waals surface area contributed by atoms with Gasteiger partial charge in [-0.15, -0.1) is 0 Å². The van der Waals surface area contributed by atoms with Crippen molar-refractivity contribution in [2.75, 3.05) is 24.6 Å². The predicted molar refractivity (Wildman–Crippen MR) is 197 cm³/mol. The molecule has 7 rings (SSSR count). The topological polar surface area (TPSA) is 177 Å². The number of rotatable bonds is 5. The summed E-state index contributed by atoms with van der Waals surface area (Å²) in [7, 11) is 0. The molecule has 3 aromatic carbocycles. The van der Waals surface area contributed by atoms with E-state index in [2.05, 4.69) is 26.4 Å². The number of benzene rings is 3. The maximum atomic E-state index is 14.0. The Labute approximate surface area is 307 Å². The SMILES string of the molecule is CC(C)[C@H]1NC(=O)[C@@H](NC(=O)c2ccc(N3CCCC3=O)cc2)Cc2ccc(cc2)OCCNC(=O)Cn2nc(-c3ccccc3)nc2[C@H](C)NC1=O. The molecule has 4 N–H and O–H groups in total. The summed E-state index contributed by atoms with van der Waals surface area (Å²) in [5.41, 5.74) is 2.52. The van der Waals surface area contributed by atoms with Crippen molar-refractivity contribution in [3.63, 3.8) is 0 Å². The zero-order chi connectivity index (χ0) is 37.5. The van der Waals surface area contributed by atoms with Gasteiger partial charge in [0.2, 0.25) is 23.6 Å². The second-order valence-corrected chi connectivity index (χ2v) is 13.5. The van der Waals surface area contributed by atoms with Gasteiger partial charge < -0.3 is 30.9 Å². The third kappa shape index (κ3) is 9.07. The molecular weight excluding hydrogens is 676 g/mol. The van der Waals surface area contributed by atoms with Gasteiger partial charge in [0.1, 0.15) is 36.8 Å². The highest BCUT2D eigenvalue weighted by Crippen LogP contribution is 2.23. The lowest BCUT2D eigenvalue weighted by Crippen LogP contribution is -2.56. The summed E-state index contributed by atoms with van der Waals surface area (Å²) in [5.74, 6) is -0.759. The highest BCUT2D eigenvalue weighted by Gasteiger charge is 2.31. The van der Waals surface area contributed by atoms with Crippen molar-refractivity contribution in [1.82, 2.24) is 36.0 Å². The Kier molecular flexibility index (Phi) is 11.5. The van der Waals surface area contributed by atoms with E-state index in [1.54, 1.807) is 60.4 Å². The highest BCUT2D eigenvalue weighted by molar-refractivity contribution is 6.00. The van der Waals surface area contributed by atoms with Crippen LogP contribution < -0.4 is 30.9 Å². The molecule has 276 valence electrons. The molecular formula is C39H44N8O6. The lowest BCUT2D eigenvalue weighted by Gasteiger charge is -2.27. The molecule has 14 heteroatoms. The van der Waals surface area contributed by atoms with E-state index in [-0.39, 0.29) is 43.8 Å². The van der Waals surface area contributed by atoms with Crippen molar-refractivity contribution in [3.8, 4) is 17.1 Å². The Hall–Kier alpha value is -6.05. The monoisotopic (exact) mass is 720 g/mol. The first kappa shape index (κ1) is 36.7. The van der Waals surface area contributed by atoms with Crippen LogP contribution in [0.4, 0.5) is 5.69 Å². The van der Waals surface area contributed by atoms with E-state index in [4.69, 9.17) is 9.72 Å². The van der Waals surface area contributed by atoms with Crippen molar-refractivity contribution in [1.29, 1.82) is 0 Å². The second kappa shape index (κ2) is 16.5. The van der Waals surface area contributed by atoms with Crippen LogP contribution in [0.3, 0.4) is 0 Å². The maximum Gasteiger partial charge on any atom is 0.251 e. The molecule has 3 aliphatic rings. The summed E-state index contributed by atoms with van der Waals surface area (Å²) in [6.45, 7) is 6.29. The first-order chi connectivity index (χ1) is 25.5. The minimum atomic E-state index is -1.04. The molecule has 3 aliphatic heterocycles. The van der Waals surface area contributed by atoms with Crippen LogP contribution >= 0.6 is 0 Å². The van der Waals surface area contributed by atoms with Crippen LogP contribution in [0.5, 0.6) is 5.75 Å². The molecule has 4 heterocycles. The normalized spacial score (nSPS) is 20.2. The lowest BCUT2D eigenvalue weighted by molar-refractivity contribution is -0.131. The zero-order valence-corrected chi connectivity index (χ0v) is 30.0. The fraction of sp³-hybridized carbons (Fsp3) is 0.359. The van der Waals surface area contributed by atoms with Crippen LogP contribution in [0.1, 0.15) is 61.4 Å². The van der Waals surface area contributed by atoms with Gasteiger partial charge in [-0.05, 0) is 61.2 Å². The molecule has 0 saturated carbocycles. The summed E-state index contributed by atoms with van der Waals surface area (Å²) < 4.78 is 7.31. The van der Waals surface area contributed by atoms with Crippen LogP contribution in [0.2, 0.25) is 0 Å². The fourth-order valence-electron chi connectivity index (χ4n) is 6.33. The standard InChI is InChI=1S/C39H44N8O6/c1-24(2)34-39(52)41-25(3)36-44-35(27-8-5-4-6-9-27)45-47(36)23-32(48)40-19-21-53-30-17-11-26(12-18-30)22-31(38(51)43-34)42-37(50)28-13-15-29(16-14-28)46-20-7-10-33(46)49/h4-6,8-9,11-18,24-25,31,34H,7,10,19-23H2,1-3H3,(H,40,48)(H,41,52)(H,42,50)(H,43,51)/t25-,31-,34+/m0/s1. The van der Waals surface area contributed by atoms with Gasteiger partial charge in [-0.3, -0.25) is 24.0 Å². The molecule has 0 spiro atoms. The Morgan fingerprint density at radius 1 is 0.925 bits per heavy atom. The Morgan fingerprint density at radius 2 is 1.66 bits per heavy atom. The van der Waals surface area contributed by atoms with E-state index in [9.17, 15) is 24.0 Å². The number of amides is 5. The van der Waals surface area contributed by atoms with Crippen LogP contribution in [0.15, 0.2) is 78.9 Å². The number of fused-ring (bicyclic) bond motifs is 14. The van der Waals surface area contributed by atoms with Crippen molar-refractivity contribution in [3.05, 3.63) is 95.8 Å². The average Bonchev–Trinajstić information content (AvgIpc) is 3.78. The Balaban J connectivity index is 1.26. The van der Waals surface area contributed by atoms with E-state index in [1.807, 2.05) is 44.2 Å². The molecule has 0 aliphatic carbocycles. The van der Waals surface area contributed by atoms with Crippen molar-refractivity contribution in [2.45, 2.75) is 64.7 Å². The summed E-state index contributed by atoms with van der Waals surface area (Å²) >= 11 is 0. The zero-order valence-electron chi connectivity index (χ0n) is 30.0. The lowest BCUT2D eigenvalue weighted by atomic mass is 10.00. The average molecular weight is 721 g/mol. The molecule has 14 nitrogen and oxygen atoms in total. The maximum absolute atomic E-state index is 14.0. The number of anilines is 1. The first-order valence-corrected chi connectivity index (χ1v) is 17.9. The van der Waals surface area contributed by atoms with Crippen LogP contribution in [0.25, 0.3) is 11.4 Å².